The van der Waals surface area contributed by atoms with Gasteiger partial charge in [-0.25, -0.2) is 0 Å². The van der Waals surface area contributed by atoms with E-state index in [2.05, 4.69) is 10.5 Å². The van der Waals surface area contributed by atoms with E-state index in [0.29, 0.717) is 5.82 Å². The number of nitrogens with one attached hydrogen (secondary N) is 1. The molecule has 12 heavy (non-hydrogen) atoms. The van der Waals surface area contributed by atoms with Gasteiger partial charge in [0.1, 0.15) is 5.76 Å². The molecule has 0 amide bonds. The summed E-state index contributed by atoms with van der Waals surface area (Å²) in [5, 5.41) is 6.83. The Hall–Kier alpha value is -1.03. The first-order valence-corrected chi connectivity index (χ1v) is 4.14. The van der Waals surface area contributed by atoms with Crippen LogP contribution in [0.5, 0.6) is 0 Å². The highest BCUT2D eigenvalue weighted by Crippen LogP contribution is 2.47. The predicted molar refractivity (Wildman–Crippen MR) is 45.8 cm³/mol. The van der Waals surface area contributed by atoms with Crippen LogP contribution in [0.3, 0.4) is 0 Å². The molecule has 0 bridgehead atoms. The lowest BCUT2D eigenvalue weighted by molar-refractivity contribution is 0.350. The van der Waals surface area contributed by atoms with Crippen molar-refractivity contribution in [2.45, 2.75) is 18.3 Å². The molecule has 1 aliphatic rings. The van der Waals surface area contributed by atoms with Crippen LogP contribution in [-0.4, -0.2) is 18.7 Å². The number of nitrogens with two attached hydrogens (primary N) is 1. The molecule has 0 spiro atoms. The lowest BCUT2D eigenvalue weighted by Crippen LogP contribution is -2.22. The summed E-state index contributed by atoms with van der Waals surface area (Å²) in [6, 6.07) is 1.82. The van der Waals surface area contributed by atoms with E-state index in [1.807, 2.05) is 13.1 Å². The van der Waals surface area contributed by atoms with Crippen LogP contribution < -0.4 is 11.1 Å². The zero-order valence-electron chi connectivity index (χ0n) is 7.13. The van der Waals surface area contributed by atoms with Crippen LogP contribution in [-0.2, 0) is 5.41 Å². The van der Waals surface area contributed by atoms with Crippen molar-refractivity contribution in [3.05, 3.63) is 11.8 Å². The minimum Gasteiger partial charge on any atom is -0.381 e. The second-order valence-electron chi connectivity index (χ2n) is 3.43. The Labute approximate surface area is 71.1 Å². The van der Waals surface area contributed by atoms with Gasteiger partial charge in [0.2, 0.25) is 0 Å². The monoisotopic (exact) mass is 167 g/mol. The quantitative estimate of drug-likeness (QED) is 0.688. The fourth-order valence-corrected chi connectivity index (χ4v) is 1.54. The van der Waals surface area contributed by atoms with Gasteiger partial charge in [0.25, 0.3) is 0 Å². The van der Waals surface area contributed by atoms with Crippen molar-refractivity contribution in [1.82, 2.24) is 10.5 Å². The van der Waals surface area contributed by atoms with E-state index < -0.39 is 0 Å². The Morgan fingerprint density at radius 3 is 2.92 bits per heavy atom. The lowest BCUT2D eigenvalue weighted by Gasteiger charge is -2.08. The molecule has 1 fully saturated rings. The third-order valence-corrected chi connectivity index (χ3v) is 2.42. The van der Waals surface area contributed by atoms with Crippen molar-refractivity contribution in [3.8, 4) is 0 Å². The molecule has 1 aliphatic carbocycles. The maximum atomic E-state index is 5.47. The largest absolute Gasteiger partial charge is 0.381 e. The van der Waals surface area contributed by atoms with Crippen molar-refractivity contribution in [3.63, 3.8) is 0 Å². The molecule has 0 aromatic carbocycles. The maximum Gasteiger partial charge on any atom is 0.167 e. The van der Waals surface area contributed by atoms with E-state index in [9.17, 15) is 0 Å². The molecule has 4 nitrogen and oxygen atoms in total. The minimum atomic E-state index is 0.194. The average molecular weight is 167 g/mol. The molecule has 1 aromatic rings. The van der Waals surface area contributed by atoms with Gasteiger partial charge in [-0.15, -0.1) is 0 Å². The van der Waals surface area contributed by atoms with Gasteiger partial charge in [-0.05, 0) is 19.9 Å². The zero-order valence-corrected chi connectivity index (χ0v) is 7.13. The summed E-state index contributed by atoms with van der Waals surface area (Å²) in [5.74, 6) is 1.40. The Bertz CT molecular complexity index is 278. The zero-order chi connectivity index (χ0) is 8.60. The van der Waals surface area contributed by atoms with Crippen molar-refractivity contribution in [2.24, 2.45) is 0 Å². The summed E-state index contributed by atoms with van der Waals surface area (Å²) in [5.41, 5.74) is 5.67. The van der Waals surface area contributed by atoms with Gasteiger partial charge in [-0.3, -0.25) is 0 Å². The van der Waals surface area contributed by atoms with Gasteiger partial charge in [0, 0.05) is 18.0 Å². The van der Waals surface area contributed by atoms with Gasteiger partial charge in [-0.2, -0.15) is 0 Å². The molecule has 0 unspecified atom stereocenters. The van der Waals surface area contributed by atoms with Crippen LogP contribution >= 0.6 is 0 Å². The van der Waals surface area contributed by atoms with Gasteiger partial charge in [0.15, 0.2) is 5.82 Å². The predicted octanol–water partition coefficient (Wildman–Crippen LogP) is 0.508. The molecule has 0 saturated heterocycles. The highest BCUT2D eigenvalue weighted by Gasteiger charge is 2.47. The van der Waals surface area contributed by atoms with Crippen molar-refractivity contribution >= 4 is 5.82 Å². The summed E-state index contributed by atoms with van der Waals surface area (Å²) < 4.78 is 5.13. The van der Waals surface area contributed by atoms with E-state index in [4.69, 9.17) is 10.3 Å². The number of anilines is 1. The van der Waals surface area contributed by atoms with Crippen molar-refractivity contribution in [2.75, 3.05) is 19.3 Å². The first-order chi connectivity index (χ1) is 5.77. The summed E-state index contributed by atoms with van der Waals surface area (Å²) in [6.07, 6.45) is 2.34. The van der Waals surface area contributed by atoms with Gasteiger partial charge < -0.3 is 15.6 Å². The van der Waals surface area contributed by atoms with Crippen LogP contribution in [0.2, 0.25) is 0 Å². The Kier molecular flexibility index (Phi) is 1.58. The molecule has 66 valence electrons. The SMILES string of the molecule is CNCC1(c2cc(N)no2)CC1. The third kappa shape index (κ3) is 1.08. The first kappa shape index (κ1) is 7.61. The van der Waals surface area contributed by atoms with Crippen LogP contribution in [0.25, 0.3) is 0 Å². The Morgan fingerprint density at radius 2 is 2.50 bits per heavy atom. The van der Waals surface area contributed by atoms with Gasteiger partial charge >= 0.3 is 0 Å². The normalized spacial score (nSPS) is 19.4. The van der Waals surface area contributed by atoms with Crippen LogP contribution in [0.1, 0.15) is 18.6 Å². The number of rotatable bonds is 3. The van der Waals surface area contributed by atoms with Crippen molar-refractivity contribution < 1.29 is 4.52 Å². The lowest BCUT2D eigenvalue weighted by atomic mass is 10.0. The standard InChI is InChI=1S/C8H13N3O/c1-10-5-8(2-3-8)6-4-7(9)11-12-6/h4,10H,2-3,5H2,1H3,(H2,9,11). The summed E-state index contributed by atoms with van der Waals surface area (Å²) in [6.45, 7) is 0.946. The second-order valence-corrected chi connectivity index (χ2v) is 3.43. The number of likely N-dealkylation sites (N-methyl/N-ethyl adjacent to an activating group) is 1. The number of hydrogen-bond donors (Lipinski definition) is 2. The number of aromatic nitrogens is 1. The second kappa shape index (κ2) is 2.48. The third-order valence-electron chi connectivity index (χ3n) is 2.42. The Balaban J connectivity index is 2.18. The highest BCUT2D eigenvalue weighted by molar-refractivity contribution is 5.33. The molecular formula is C8H13N3O. The number of nitrogens with zero attached hydrogens (tertiary/aromatic N) is 1. The molecule has 1 aromatic heterocycles. The molecule has 0 radical (unpaired) electrons. The maximum absolute atomic E-state index is 5.47. The van der Waals surface area contributed by atoms with E-state index in [1.54, 1.807) is 0 Å². The van der Waals surface area contributed by atoms with Gasteiger partial charge in [-0.1, -0.05) is 5.16 Å². The number of hydrogen-bond acceptors (Lipinski definition) is 4. The van der Waals surface area contributed by atoms with Crippen LogP contribution in [0, 0.1) is 0 Å². The van der Waals surface area contributed by atoms with E-state index in [-0.39, 0.29) is 5.41 Å². The first-order valence-electron chi connectivity index (χ1n) is 4.14. The molecule has 0 aliphatic heterocycles. The molecule has 1 heterocycles. The fraction of sp³-hybridized carbons (Fsp3) is 0.625. The molecule has 3 N–H and O–H groups in total. The molecule has 1 saturated carbocycles. The molecule has 0 atom stereocenters. The van der Waals surface area contributed by atoms with Crippen LogP contribution in [0.4, 0.5) is 5.82 Å². The highest BCUT2D eigenvalue weighted by atomic mass is 16.5. The fourth-order valence-electron chi connectivity index (χ4n) is 1.54. The molecule has 2 rings (SSSR count). The van der Waals surface area contributed by atoms with E-state index in [1.165, 1.54) is 12.8 Å². The molecular weight excluding hydrogens is 154 g/mol. The van der Waals surface area contributed by atoms with Gasteiger partial charge in [0.05, 0.1) is 0 Å². The van der Waals surface area contributed by atoms with E-state index >= 15 is 0 Å². The molecule has 4 heteroatoms. The minimum absolute atomic E-state index is 0.194. The van der Waals surface area contributed by atoms with Crippen molar-refractivity contribution in [1.29, 1.82) is 0 Å². The smallest absolute Gasteiger partial charge is 0.167 e. The summed E-state index contributed by atoms with van der Waals surface area (Å²) in [7, 11) is 1.94. The van der Waals surface area contributed by atoms with E-state index in [0.717, 1.165) is 12.3 Å². The average Bonchev–Trinajstić information content (AvgIpc) is 2.69. The Morgan fingerprint density at radius 1 is 1.75 bits per heavy atom. The topological polar surface area (TPSA) is 64.1 Å². The summed E-state index contributed by atoms with van der Waals surface area (Å²) in [4.78, 5) is 0. The van der Waals surface area contributed by atoms with Crippen LogP contribution in [0.15, 0.2) is 10.6 Å². The number of nitrogen functional groups attached to an aromatic ring is 1. The summed E-state index contributed by atoms with van der Waals surface area (Å²) >= 11 is 0.